The first kappa shape index (κ1) is 18.4. The van der Waals surface area contributed by atoms with Crippen molar-refractivity contribution in [2.45, 2.75) is 57.9 Å². The third kappa shape index (κ3) is 6.60. The van der Waals surface area contributed by atoms with Crippen molar-refractivity contribution < 1.29 is 14.6 Å². The highest BCUT2D eigenvalue weighted by Gasteiger charge is 2.24. The van der Waals surface area contributed by atoms with Gasteiger partial charge in [-0.3, -0.25) is 4.90 Å². The van der Waals surface area contributed by atoms with E-state index in [0.717, 1.165) is 26.0 Å². The predicted octanol–water partition coefficient (Wildman–Crippen LogP) is 2.84. The highest BCUT2D eigenvalue weighted by molar-refractivity contribution is 5.14. The number of hydrogen-bond acceptors (Lipinski definition) is 4. The maximum absolute atomic E-state index is 10.3. The molecule has 1 fully saturated rings. The molecule has 4 heteroatoms. The molecule has 0 amide bonds. The summed E-state index contributed by atoms with van der Waals surface area (Å²) in [6, 6.07) is 10.4. The van der Waals surface area contributed by atoms with Crippen LogP contribution in [0.3, 0.4) is 0 Å². The van der Waals surface area contributed by atoms with Crippen molar-refractivity contribution in [3.05, 3.63) is 35.9 Å². The predicted molar refractivity (Wildman–Crippen MR) is 92.4 cm³/mol. The molecule has 2 unspecified atom stereocenters. The SMILES string of the molecule is CC(C)(C)N(Cc1ccccc1)CC(O)COCC1CCCO1. The molecule has 23 heavy (non-hydrogen) atoms. The fraction of sp³-hybridized carbons (Fsp3) is 0.684. The summed E-state index contributed by atoms with van der Waals surface area (Å²) in [5, 5.41) is 10.3. The summed E-state index contributed by atoms with van der Waals surface area (Å²) in [6.45, 7) is 9.75. The first-order valence-electron chi connectivity index (χ1n) is 8.61. The average Bonchev–Trinajstić information content (AvgIpc) is 3.00. The van der Waals surface area contributed by atoms with Crippen LogP contribution in [0.4, 0.5) is 0 Å². The van der Waals surface area contributed by atoms with Crippen molar-refractivity contribution in [3.8, 4) is 0 Å². The van der Waals surface area contributed by atoms with Gasteiger partial charge in [-0.2, -0.15) is 0 Å². The van der Waals surface area contributed by atoms with Gasteiger partial charge in [0.15, 0.2) is 0 Å². The Kier molecular flexibility index (Phi) is 7.03. The molecule has 1 aromatic rings. The molecule has 2 rings (SSSR count). The van der Waals surface area contributed by atoms with Crippen molar-refractivity contribution in [1.29, 1.82) is 0 Å². The third-order valence-electron chi connectivity index (χ3n) is 4.23. The number of benzene rings is 1. The second-order valence-corrected chi connectivity index (χ2v) is 7.36. The quantitative estimate of drug-likeness (QED) is 0.799. The van der Waals surface area contributed by atoms with Gasteiger partial charge in [-0.1, -0.05) is 30.3 Å². The van der Waals surface area contributed by atoms with Crippen molar-refractivity contribution in [2.75, 3.05) is 26.4 Å². The van der Waals surface area contributed by atoms with E-state index in [-0.39, 0.29) is 11.6 Å². The van der Waals surface area contributed by atoms with Gasteiger partial charge in [-0.25, -0.2) is 0 Å². The van der Waals surface area contributed by atoms with E-state index < -0.39 is 6.10 Å². The Morgan fingerprint density at radius 1 is 1.30 bits per heavy atom. The Morgan fingerprint density at radius 3 is 2.65 bits per heavy atom. The fourth-order valence-corrected chi connectivity index (χ4v) is 2.80. The highest BCUT2D eigenvalue weighted by Crippen LogP contribution is 2.18. The van der Waals surface area contributed by atoms with Gasteiger partial charge in [0.2, 0.25) is 0 Å². The van der Waals surface area contributed by atoms with Crippen LogP contribution in [0.15, 0.2) is 30.3 Å². The smallest absolute Gasteiger partial charge is 0.0900 e. The van der Waals surface area contributed by atoms with Crippen LogP contribution >= 0.6 is 0 Å². The Bertz CT molecular complexity index is 438. The van der Waals surface area contributed by atoms with Crippen molar-refractivity contribution in [2.24, 2.45) is 0 Å². The van der Waals surface area contributed by atoms with Gasteiger partial charge >= 0.3 is 0 Å². The average molecular weight is 321 g/mol. The molecular formula is C19H31NO3. The first-order valence-corrected chi connectivity index (χ1v) is 8.61. The summed E-state index contributed by atoms with van der Waals surface area (Å²) >= 11 is 0. The van der Waals surface area contributed by atoms with Gasteiger partial charge in [0.1, 0.15) is 0 Å². The lowest BCUT2D eigenvalue weighted by molar-refractivity contribution is -0.0346. The van der Waals surface area contributed by atoms with E-state index in [1.54, 1.807) is 0 Å². The van der Waals surface area contributed by atoms with Gasteiger partial charge in [0.05, 0.1) is 25.4 Å². The van der Waals surface area contributed by atoms with Crippen LogP contribution in [-0.2, 0) is 16.0 Å². The molecule has 1 heterocycles. The molecule has 0 bridgehead atoms. The van der Waals surface area contributed by atoms with Crippen molar-refractivity contribution in [1.82, 2.24) is 4.90 Å². The molecule has 0 spiro atoms. The molecule has 1 N–H and O–H groups in total. The molecule has 1 aromatic carbocycles. The lowest BCUT2D eigenvalue weighted by Crippen LogP contribution is -2.46. The van der Waals surface area contributed by atoms with Crippen LogP contribution in [0.5, 0.6) is 0 Å². The zero-order valence-electron chi connectivity index (χ0n) is 14.7. The monoisotopic (exact) mass is 321 g/mol. The second-order valence-electron chi connectivity index (χ2n) is 7.36. The Labute approximate surface area is 140 Å². The van der Waals surface area contributed by atoms with Gasteiger partial charge in [-0.05, 0) is 39.2 Å². The molecule has 4 nitrogen and oxygen atoms in total. The number of aliphatic hydroxyl groups excluding tert-OH is 1. The van der Waals surface area contributed by atoms with E-state index in [1.807, 2.05) is 6.07 Å². The largest absolute Gasteiger partial charge is 0.389 e. The minimum atomic E-state index is -0.487. The van der Waals surface area contributed by atoms with E-state index in [1.165, 1.54) is 5.56 Å². The fourth-order valence-electron chi connectivity index (χ4n) is 2.80. The standard InChI is InChI=1S/C19H31NO3/c1-19(2,3)20(12-16-8-5-4-6-9-16)13-17(21)14-22-15-18-10-7-11-23-18/h4-6,8-9,17-18,21H,7,10-15H2,1-3H3. The van der Waals surface area contributed by atoms with Crippen LogP contribution in [-0.4, -0.2) is 54.1 Å². The molecule has 0 aromatic heterocycles. The molecule has 2 atom stereocenters. The summed E-state index contributed by atoms with van der Waals surface area (Å²) in [6.07, 6.45) is 1.91. The Hall–Kier alpha value is -0.940. The first-order chi connectivity index (χ1) is 10.9. The number of hydrogen-bond donors (Lipinski definition) is 1. The van der Waals surface area contributed by atoms with E-state index in [2.05, 4.69) is 49.9 Å². The minimum absolute atomic E-state index is 0.00855. The Morgan fingerprint density at radius 2 is 2.04 bits per heavy atom. The summed E-state index contributed by atoms with van der Waals surface area (Å²) < 4.78 is 11.2. The minimum Gasteiger partial charge on any atom is -0.389 e. The van der Waals surface area contributed by atoms with Gasteiger partial charge in [-0.15, -0.1) is 0 Å². The molecular weight excluding hydrogens is 290 g/mol. The van der Waals surface area contributed by atoms with E-state index in [9.17, 15) is 5.11 Å². The van der Waals surface area contributed by atoms with Crippen molar-refractivity contribution >= 4 is 0 Å². The summed E-state index contributed by atoms with van der Waals surface area (Å²) in [5.74, 6) is 0. The number of rotatable bonds is 8. The zero-order chi connectivity index (χ0) is 16.7. The zero-order valence-corrected chi connectivity index (χ0v) is 14.7. The maximum Gasteiger partial charge on any atom is 0.0900 e. The van der Waals surface area contributed by atoms with Crippen LogP contribution in [0.25, 0.3) is 0 Å². The molecule has 1 aliphatic rings. The second kappa shape index (κ2) is 8.78. The van der Waals surface area contributed by atoms with Crippen LogP contribution < -0.4 is 0 Å². The van der Waals surface area contributed by atoms with E-state index in [4.69, 9.17) is 9.47 Å². The van der Waals surface area contributed by atoms with E-state index >= 15 is 0 Å². The number of nitrogens with zero attached hydrogens (tertiary/aromatic N) is 1. The maximum atomic E-state index is 10.3. The number of β-amino-alcohol motifs (C(OH)–C–C–N with tert-alkyl or cyclic N) is 1. The van der Waals surface area contributed by atoms with Gasteiger partial charge in [0.25, 0.3) is 0 Å². The third-order valence-corrected chi connectivity index (χ3v) is 4.23. The van der Waals surface area contributed by atoms with E-state index in [0.29, 0.717) is 19.8 Å². The lowest BCUT2D eigenvalue weighted by atomic mass is 10.0. The van der Waals surface area contributed by atoms with Crippen LogP contribution in [0, 0.1) is 0 Å². The normalized spacial score (nSPS) is 20.1. The van der Waals surface area contributed by atoms with Crippen LogP contribution in [0.2, 0.25) is 0 Å². The van der Waals surface area contributed by atoms with Gasteiger partial charge < -0.3 is 14.6 Å². The summed E-state index contributed by atoms with van der Waals surface area (Å²) in [5.41, 5.74) is 1.25. The summed E-state index contributed by atoms with van der Waals surface area (Å²) in [7, 11) is 0. The molecule has 1 aliphatic heterocycles. The van der Waals surface area contributed by atoms with Gasteiger partial charge in [0, 0.05) is 25.2 Å². The molecule has 130 valence electrons. The van der Waals surface area contributed by atoms with Crippen molar-refractivity contribution in [3.63, 3.8) is 0 Å². The topological polar surface area (TPSA) is 41.9 Å². The molecule has 0 saturated carbocycles. The lowest BCUT2D eigenvalue weighted by Gasteiger charge is -2.37. The Balaban J connectivity index is 1.79. The van der Waals surface area contributed by atoms with Crippen LogP contribution in [0.1, 0.15) is 39.2 Å². The molecule has 0 radical (unpaired) electrons. The molecule has 1 saturated heterocycles. The molecule has 0 aliphatic carbocycles. The number of aliphatic hydroxyl groups is 1. The number of ether oxygens (including phenoxy) is 2. The summed E-state index contributed by atoms with van der Waals surface area (Å²) in [4.78, 5) is 2.29. The highest BCUT2D eigenvalue weighted by atomic mass is 16.5.